The number of rotatable bonds is 4. The summed E-state index contributed by atoms with van der Waals surface area (Å²) in [7, 11) is 0. The summed E-state index contributed by atoms with van der Waals surface area (Å²) in [5.41, 5.74) is 5.93. The summed E-state index contributed by atoms with van der Waals surface area (Å²) in [6.45, 7) is 0.0497. The van der Waals surface area contributed by atoms with Crippen LogP contribution in [0.2, 0.25) is 0 Å². The molecule has 2 atom stereocenters. The van der Waals surface area contributed by atoms with E-state index in [1.807, 2.05) is 0 Å². The van der Waals surface area contributed by atoms with Crippen molar-refractivity contribution in [3.05, 3.63) is 48.0 Å². The van der Waals surface area contributed by atoms with Crippen molar-refractivity contribution in [1.29, 1.82) is 0 Å². The number of ether oxygens (including phenoxy) is 1. The van der Waals surface area contributed by atoms with Gasteiger partial charge in [0.25, 0.3) is 11.8 Å². The summed E-state index contributed by atoms with van der Waals surface area (Å²) >= 11 is 0. The van der Waals surface area contributed by atoms with E-state index in [1.54, 1.807) is 18.2 Å². The fourth-order valence-electron chi connectivity index (χ4n) is 3.39. The molecule has 2 amide bonds. The first kappa shape index (κ1) is 21.6. The summed E-state index contributed by atoms with van der Waals surface area (Å²) in [6.07, 6.45) is -7.87. The van der Waals surface area contributed by atoms with E-state index in [2.05, 4.69) is 15.5 Å². The van der Waals surface area contributed by atoms with E-state index < -0.39 is 35.8 Å². The van der Waals surface area contributed by atoms with Gasteiger partial charge in [0.1, 0.15) is 0 Å². The average Bonchev–Trinajstić information content (AvgIpc) is 3.13. The zero-order valence-electron chi connectivity index (χ0n) is 16.4. The largest absolute Gasteiger partial charge is 0.416 e. The number of fused-ring (bicyclic) bond motifs is 1. The Labute approximate surface area is 178 Å². The van der Waals surface area contributed by atoms with Crippen LogP contribution in [0.4, 0.5) is 30.4 Å². The highest BCUT2D eigenvalue weighted by Crippen LogP contribution is 2.31. The summed E-state index contributed by atoms with van der Waals surface area (Å²) < 4.78 is 43.6. The van der Waals surface area contributed by atoms with Gasteiger partial charge in [-0.3, -0.25) is 14.7 Å². The number of nitrogens with one attached hydrogen (secondary N) is 2. The molecule has 9 nitrogen and oxygen atoms in total. The molecule has 4 rings (SSSR count). The fourth-order valence-corrected chi connectivity index (χ4v) is 3.39. The van der Waals surface area contributed by atoms with Gasteiger partial charge in [0.15, 0.2) is 18.0 Å². The van der Waals surface area contributed by atoms with E-state index in [-0.39, 0.29) is 18.8 Å². The highest BCUT2D eigenvalue weighted by molar-refractivity contribution is 6.04. The Morgan fingerprint density at radius 2 is 2.00 bits per heavy atom. The second-order valence-electron chi connectivity index (χ2n) is 7.13. The molecule has 1 saturated heterocycles. The van der Waals surface area contributed by atoms with Gasteiger partial charge in [-0.2, -0.15) is 18.3 Å². The number of hydrogen-bond donors (Lipinski definition) is 4. The SMILES string of the molecule is Nc1n[nH]c2cc(NC(=O)C(O)[C@H]3OCCN(c4ccc(C(F)(F)F)cc4)C3=O)ccc12. The topological polar surface area (TPSA) is 134 Å². The molecule has 2 aromatic carbocycles. The van der Waals surface area contributed by atoms with Crippen LogP contribution in [0.3, 0.4) is 0 Å². The third kappa shape index (κ3) is 4.09. The van der Waals surface area contributed by atoms with Crippen molar-refractivity contribution in [2.24, 2.45) is 0 Å². The minimum Gasteiger partial charge on any atom is -0.382 e. The van der Waals surface area contributed by atoms with Crippen LogP contribution in [0.25, 0.3) is 10.9 Å². The number of morpholine rings is 1. The van der Waals surface area contributed by atoms with Gasteiger partial charge in [0, 0.05) is 23.3 Å². The maximum atomic E-state index is 12.8. The third-order valence-electron chi connectivity index (χ3n) is 5.04. The molecule has 3 aromatic rings. The molecule has 168 valence electrons. The number of aromatic nitrogens is 2. The summed E-state index contributed by atoms with van der Waals surface area (Å²) in [4.78, 5) is 26.5. The van der Waals surface area contributed by atoms with Gasteiger partial charge in [0.2, 0.25) is 0 Å². The zero-order chi connectivity index (χ0) is 23.0. The number of aliphatic hydroxyl groups is 1. The molecule has 0 bridgehead atoms. The average molecular weight is 449 g/mol. The lowest BCUT2D eigenvalue weighted by Crippen LogP contribution is -2.55. The normalized spacial score (nSPS) is 18.1. The molecule has 1 fully saturated rings. The lowest BCUT2D eigenvalue weighted by Gasteiger charge is -2.34. The maximum Gasteiger partial charge on any atom is 0.416 e. The molecule has 0 saturated carbocycles. The van der Waals surface area contributed by atoms with Crippen molar-refractivity contribution in [1.82, 2.24) is 10.2 Å². The minimum absolute atomic E-state index is 0.0127. The van der Waals surface area contributed by atoms with Gasteiger partial charge in [-0.05, 0) is 42.5 Å². The number of carbonyl (C=O) groups excluding carboxylic acids is 2. The second kappa shape index (κ2) is 8.13. The molecular formula is C20H18F3N5O4. The van der Waals surface area contributed by atoms with Crippen LogP contribution < -0.4 is 16.0 Å². The smallest absolute Gasteiger partial charge is 0.382 e. The van der Waals surface area contributed by atoms with E-state index in [0.717, 1.165) is 24.3 Å². The number of nitrogens with two attached hydrogens (primary N) is 1. The Morgan fingerprint density at radius 1 is 1.28 bits per heavy atom. The predicted molar refractivity (Wildman–Crippen MR) is 109 cm³/mol. The number of aliphatic hydroxyl groups excluding tert-OH is 1. The Balaban J connectivity index is 1.47. The molecule has 1 aromatic heterocycles. The Kier molecular flexibility index (Phi) is 5.48. The second-order valence-corrected chi connectivity index (χ2v) is 7.13. The van der Waals surface area contributed by atoms with E-state index in [9.17, 15) is 27.9 Å². The van der Waals surface area contributed by atoms with E-state index in [4.69, 9.17) is 10.5 Å². The first-order valence-corrected chi connectivity index (χ1v) is 9.48. The third-order valence-corrected chi connectivity index (χ3v) is 5.04. The van der Waals surface area contributed by atoms with E-state index in [0.29, 0.717) is 22.4 Å². The van der Waals surface area contributed by atoms with Gasteiger partial charge >= 0.3 is 6.18 Å². The Hall–Kier alpha value is -3.64. The van der Waals surface area contributed by atoms with E-state index in [1.165, 1.54) is 4.90 Å². The number of hydrogen-bond acceptors (Lipinski definition) is 6. The van der Waals surface area contributed by atoms with Crippen molar-refractivity contribution in [2.75, 3.05) is 29.1 Å². The number of amides is 2. The number of nitrogen functional groups attached to an aromatic ring is 1. The van der Waals surface area contributed by atoms with Crippen molar-refractivity contribution >= 4 is 39.9 Å². The molecule has 0 aliphatic carbocycles. The number of benzene rings is 2. The van der Waals surface area contributed by atoms with Crippen molar-refractivity contribution in [3.8, 4) is 0 Å². The van der Waals surface area contributed by atoms with Gasteiger partial charge in [-0.25, -0.2) is 0 Å². The van der Waals surface area contributed by atoms with Crippen LogP contribution in [-0.2, 0) is 20.5 Å². The van der Waals surface area contributed by atoms with Crippen LogP contribution >= 0.6 is 0 Å². The number of carbonyl (C=O) groups is 2. The highest BCUT2D eigenvalue weighted by atomic mass is 19.4. The summed E-state index contributed by atoms with van der Waals surface area (Å²) in [5, 5.41) is 20.1. The van der Waals surface area contributed by atoms with Crippen LogP contribution in [-0.4, -0.2) is 52.5 Å². The van der Waals surface area contributed by atoms with Crippen molar-refractivity contribution in [2.45, 2.75) is 18.4 Å². The predicted octanol–water partition coefficient (Wildman–Crippen LogP) is 1.90. The van der Waals surface area contributed by atoms with Gasteiger partial charge in [-0.1, -0.05) is 0 Å². The van der Waals surface area contributed by atoms with Crippen LogP contribution in [0, 0.1) is 0 Å². The molecule has 1 aliphatic heterocycles. The summed E-state index contributed by atoms with van der Waals surface area (Å²) in [5.74, 6) is -1.33. The molecule has 1 unspecified atom stereocenters. The maximum absolute atomic E-state index is 12.8. The number of aromatic amines is 1. The number of nitrogens with zero attached hydrogens (tertiary/aromatic N) is 2. The van der Waals surface area contributed by atoms with Gasteiger partial charge in [-0.15, -0.1) is 0 Å². The Bertz CT molecular complexity index is 1160. The molecule has 2 heterocycles. The number of H-pyrrole nitrogens is 1. The quantitative estimate of drug-likeness (QED) is 0.481. The number of halogens is 3. The molecule has 0 spiro atoms. The molecule has 32 heavy (non-hydrogen) atoms. The zero-order valence-corrected chi connectivity index (χ0v) is 16.4. The standard InChI is InChI=1S/C20H18F3N5O4/c21-20(22,23)10-1-4-12(5-2-10)28-7-8-32-16(19(28)31)15(29)18(30)25-11-3-6-13-14(9-11)26-27-17(13)24/h1-6,9,15-16,29H,7-8H2,(H,25,30)(H3,24,26,27)/t15?,16-/m1/s1. The number of anilines is 3. The summed E-state index contributed by atoms with van der Waals surface area (Å²) in [6, 6.07) is 8.76. The monoisotopic (exact) mass is 449 g/mol. The molecule has 1 aliphatic rings. The molecule has 12 heteroatoms. The Morgan fingerprint density at radius 3 is 2.69 bits per heavy atom. The van der Waals surface area contributed by atoms with Crippen molar-refractivity contribution in [3.63, 3.8) is 0 Å². The number of alkyl halides is 3. The fraction of sp³-hybridized carbons (Fsp3) is 0.250. The van der Waals surface area contributed by atoms with Gasteiger partial charge < -0.3 is 25.8 Å². The lowest BCUT2D eigenvalue weighted by molar-refractivity contribution is -0.150. The molecular weight excluding hydrogens is 431 g/mol. The first-order chi connectivity index (χ1) is 15.1. The first-order valence-electron chi connectivity index (χ1n) is 9.48. The van der Waals surface area contributed by atoms with Gasteiger partial charge in [0.05, 0.1) is 17.7 Å². The lowest BCUT2D eigenvalue weighted by atomic mass is 10.1. The minimum atomic E-state index is -4.50. The van der Waals surface area contributed by atoms with Crippen LogP contribution in [0.1, 0.15) is 5.56 Å². The van der Waals surface area contributed by atoms with Crippen molar-refractivity contribution < 1.29 is 32.6 Å². The van der Waals surface area contributed by atoms with Crippen LogP contribution in [0.5, 0.6) is 0 Å². The van der Waals surface area contributed by atoms with E-state index >= 15 is 0 Å². The molecule has 0 radical (unpaired) electrons. The van der Waals surface area contributed by atoms with Crippen LogP contribution in [0.15, 0.2) is 42.5 Å². The highest BCUT2D eigenvalue weighted by Gasteiger charge is 2.39. The molecule has 5 N–H and O–H groups in total.